The number of rotatable bonds is 9. The molecule has 1 unspecified atom stereocenters. The Labute approximate surface area is 92.0 Å². The predicted molar refractivity (Wildman–Crippen MR) is 60.0 cm³/mol. The molecule has 15 heavy (non-hydrogen) atoms. The first-order valence-electron chi connectivity index (χ1n) is 5.61. The average molecular weight is 217 g/mol. The molecule has 0 saturated heterocycles. The summed E-state index contributed by atoms with van der Waals surface area (Å²) in [6.45, 7) is 8.08. The maximum Gasteiger partial charge on any atom is 0.320 e. The van der Waals surface area contributed by atoms with Crippen LogP contribution in [0.15, 0.2) is 0 Å². The lowest BCUT2D eigenvalue weighted by molar-refractivity contribution is -0.140. The van der Waals surface area contributed by atoms with Crippen molar-refractivity contribution in [3.63, 3.8) is 0 Å². The zero-order chi connectivity index (χ0) is 11.7. The SMILES string of the molecule is CCNC(CCOCCC(C)C)C(=O)O. The molecule has 0 radical (unpaired) electrons. The van der Waals surface area contributed by atoms with E-state index in [1.54, 1.807) is 0 Å². The minimum Gasteiger partial charge on any atom is -0.480 e. The molecule has 0 aromatic heterocycles. The van der Waals surface area contributed by atoms with Crippen LogP contribution in [0.5, 0.6) is 0 Å². The van der Waals surface area contributed by atoms with Gasteiger partial charge in [-0.2, -0.15) is 0 Å². The Bertz CT molecular complexity index is 171. The summed E-state index contributed by atoms with van der Waals surface area (Å²) in [6, 6.07) is -0.478. The van der Waals surface area contributed by atoms with Crippen LogP contribution >= 0.6 is 0 Å². The minimum atomic E-state index is -0.802. The lowest BCUT2D eigenvalue weighted by atomic mass is 10.1. The van der Waals surface area contributed by atoms with Gasteiger partial charge in [0.2, 0.25) is 0 Å². The van der Waals surface area contributed by atoms with Crippen molar-refractivity contribution < 1.29 is 14.6 Å². The molecule has 0 aliphatic rings. The first-order chi connectivity index (χ1) is 7.07. The first-order valence-corrected chi connectivity index (χ1v) is 5.61. The Balaban J connectivity index is 3.49. The molecule has 2 N–H and O–H groups in total. The zero-order valence-corrected chi connectivity index (χ0v) is 9.95. The monoisotopic (exact) mass is 217 g/mol. The molecule has 0 rings (SSSR count). The molecule has 0 heterocycles. The lowest BCUT2D eigenvalue weighted by Crippen LogP contribution is -2.37. The van der Waals surface area contributed by atoms with Crippen molar-refractivity contribution in [1.82, 2.24) is 5.32 Å². The van der Waals surface area contributed by atoms with Gasteiger partial charge in [-0.1, -0.05) is 20.8 Å². The number of likely N-dealkylation sites (N-methyl/N-ethyl adjacent to an activating group) is 1. The maximum absolute atomic E-state index is 10.7. The van der Waals surface area contributed by atoms with E-state index in [0.717, 1.165) is 13.0 Å². The van der Waals surface area contributed by atoms with Crippen molar-refractivity contribution in [2.45, 2.75) is 39.7 Å². The first kappa shape index (κ1) is 14.4. The topological polar surface area (TPSA) is 58.6 Å². The van der Waals surface area contributed by atoms with Crippen LogP contribution in [-0.4, -0.2) is 36.9 Å². The molecule has 0 saturated carbocycles. The molecule has 0 bridgehead atoms. The third-order valence-electron chi connectivity index (χ3n) is 2.14. The van der Waals surface area contributed by atoms with E-state index < -0.39 is 12.0 Å². The fourth-order valence-corrected chi connectivity index (χ4v) is 1.18. The molecular formula is C11H23NO3. The van der Waals surface area contributed by atoms with E-state index in [-0.39, 0.29) is 0 Å². The van der Waals surface area contributed by atoms with E-state index in [9.17, 15) is 4.79 Å². The van der Waals surface area contributed by atoms with Crippen LogP contribution in [-0.2, 0) is 9.53 Å². The smallest absolute Gasteiger partial charge is 0.320 e. The Morgan fingerprint density at radius 2 is 1.93 bits per heavy atom. The number of carboxylic acids is 1. The van der Waals surface area contributed by atoms with Crippen molar-refractivity contribution in [1.29, 1.82) is 0 Å². The van der Waals surface area contributed by atoms with Gasteiger partial charge in [0.15, 0.2) is 0 Å². The number of ether oxygens (including phenoxy) is 1. The number of hydrogen-bond donors (Lipinski definition) is 2. The van der Waals surface area contributed by atoms with Crippen LogP contribution < -0.4 is 5.32 Å². The van der Waals surface area contributed by atoms with Gasteiger partial charge >= 0.3 is 5.97 Å². The van der Waals surface area contributed by atoms with Gasteiger partial charge in [0.05, 0.1) is 0 Å². The van der Waals surface area contributed by atoms with Crippen LogP contribution in [0.2, 0.25) is 0 Å². The van der Waals surface area contributed by atoms with Crippen molar-refractivity contribution in [3.8, 4) is 0 Å². The second kappa shape index (κ2) is 8.68. The molecule has 0 aliphatic carbocycles. The highest BCUT2D eigenvalue weighted by molar-refractivity contribution is 5.73. The molecule has 4 nitrogen and oxygen atoms in total. The third kappa shape index (κ3) is 8.39. The predicted octanol–water partition coefficient (Wildman–Crippen LogP) is 1.50. The highest BCUT2D eigenvalue weighted by atomic mass is 16.5. The van der Waals surface area contributed by atoms with Crippen LogP contribution in [0.3, 0.4) is 0 Å². The molecule has 0 aromatic carbocycles. The number of aliphatic carboxylic acids is 1. The minimum absolute atomic E-state index is 0.478. The summed E-state index contributed by atoms with van der Waals surface area (Å²) in [5.41, 5.74) is 0. The molecule has 0 spiro atoms. The fraction of sp³-hybridized carbons (Fsp3) is 0.909. The summed E-state index contributed by atoms with van der Waals surface area (Å²) in [7, 11) is 0. The van der Waals surface area contributed by atoms with Crippen LogP contribution in [0, 0.1) is 5.92 Å². The normalized spacial score (nSPS) is 13.1. The second-order valence-electron chi connectivity index (χ2n) is 4.03. The zero-order valence-electron chi connectivity index (χ0n) is 9.95. The van der Waals surface area contributed by atoms with Gasteiger partial charge in [-0.15, -0.1) is 0 Å². The Morgan fingerprint density at radius 1 is 1.33 bits per heavy atom. The van der Waals surface area contributed by atoms with Crippen molar-refractivity contribution in [2.24, 2.45) is 5.92 Å². The molecule has 0 aliphatic heterocycles. The number of carboxylic acid groups (broad SMARTS) is 1. The summed E-state index contributed by atoms with van der Waals surface area (Å²) >= 11 is 0. The van der Waals surface area contributed by atoms with Gasteiger partial charge in [0.25, 0.3) is 0 Å². The Kier molecular flexibility index (Phi) is 8.33. The molecule has 90 valence electrons. The molecule has 1 atom stereocenters. The Morgan fingerprint density at radius 3 is 2.40 bits per heavy atom. The van der Waals surface area contributed by atoms with Gasteiger partial charge in [0, 0.05) is 13.2 Å². The number of hydrogen-bond acceptors (Lipinski definition) is 3. The summed E-state index contributed by atoms with van der Waals surface area (Å²) in [4.78, 5) is 10.7. The van der Waals surface area contributed by atoms with Crippen LogP contribution in [0.4, 0.5) is 0 Å². The van der Waals surface area contributed by atoms with Crippen molar-refractivity contribution in [2.75, 3.05) is 19.8 Å². The van der Waals surface area contributed by atoms with E-state index in [1.165, 1.54) is 0 Å². The second-order valence-corrected chi connectivity index (χ2v) is 4.03. The summed E-state index contributed by atoms with van der Waals surface area (Å²) in [5, 5.41) is 11.7. The average Bonchev–Trinajstić information content (AvgIpc) is 2.15. The van der Waals surface area contributed by atoms with Gasteiger partial charge in [0.1, 0.15) is 6.04 Å². The quantitative estimate of drug-likeness (QED) is 0.575. The Hall–Kier alpha value is -0.610. The van der Waals surface area contributed by atoms with E-state index in [4.69, 9.17) is 9.84 Å². The number of carbonyl (C=O) groups is 1. The molecular weight excluding hydrogens is 194 g/mol. The van der Waals surface area contributed by atoms with Gasteiger partial charge in [-0.3, -0.25) is 4.79 Å². The lowest BCUT2D eigenvalue weighted by Gasteiger charge is -2.13. The highest BCUT2D eigenvalue weighted by Gasteiger charge is 2.14. The standard InChI is InChI=1S/C11H23NO3/c1-4-12-10(11(13)14)6-8-15-7-5-9(2)3/h9-10,12H,4-8H2,1-3H3,(H,13,14). The molecule has 0 aromatic rings. The maximum atomic E-state index is 10.7. The summed E-state index contributed by atoms with van der Waals surface area (Å²) in [6.07, 6.45) is 1.56. The summed E-state index contributed by atoms with van der Waals surface area (Å²) < 4.78 is 5.37. The largest absolute Gasteiger partial charge is 0.480 e. The fourth-order valence-electron chi connectivity index (χ4n) is 1.18. The van der Waals surface area contributed by atoms with E-state index in [1.807, 2.05) is 6.92 Å². The highest BCUT2D eigenvalue weighted by Crippen LogP contribution is 2.00. The van der Waals surface area contributed by atoms with Gasteiger partial charge in [-0.05, 0) is 25.3 Å². The number of nitrogens with one attached hydrogen (secondary N) is 1. The van der Waals surface area contributed by atoms with Crippen molar-refractivity contribution >= 4 is 5.97 Å². The molecule has 0 fully saturated rings. The van der Waals surface area contributed by atoms with Crippen LogP contribution in [0.1, 0.15) is 33.6 Å². The third-order valence-corrected chi connectivity index (χ3v) is 2.14. The van der Waals surface area contributed by atoms with Crippen LogP contribution in [0.25, 0.3) is 0 Å². The van der Waals surface area contributed by atoms with Gasteiger partial charge in [-0.25, -0.2) is 0 Å². The van der Waals surface area contributed by atoms with E-state index in [2.05, 4.69) is 19.2 Å². The van der Waals surface area contributed by atoms with Gasteiger partial charge < -0.3 is 15.2 Å². The van der Waals surface area contributed by atoms with E-state index in [0.29, 0.717) is 25.5 Å². The summed E-state index contributed by atoms with van der Waals surface area (Å²) in [5.74, 6) is -0.168. The molecule has 4 heteroatoms. The van der Waals surface area contributed by atoms with Crippen molar-refractivity contribution in [3.05, 3.63) is 0 Å². The van der Waals surface area contributed by atoms with E-state index >= 15 is 0 Å². The molecule has 0 amide bonds.